The number of hydrogen-bond donors (Lipinski definition) is 0. The van der Waals surface area contributed by atoms with Crippen LogP contribution in [0.5, 0.6) is 10.9 Å². The van der Waals surface area contributed by atoms with E-state index in [1.54, 1.807) is 36.7 Å². The van der Waals surface area contributed by atoms with E-state index in [2.05, 4.69) is 14.9 Å². The molecule has 3 heterocycles. The van der Waals surface area contributed by atoms with Crippen molar-refractivity contribution < 1.29 is 9.53 Å². The predicted molar refractivity (Wildman–Crippen MR) is 101 cm³/mol. The number of ether oxygens (including phenoxy) is 1. The molecule has 0 bridgehead atoms. The van der Waals surface area contributed by atoms with E-state index in [1.165, 1.54) is 11.3 Å². The van der Waals surface area contributed by atoms with Crippen molar-refractivity contribution in [1.29, 1.82) is 0 Å². The number of piperazine rings is 1. The average molecular weight is 366 g/mol. The number of amides is 1. The van der Waals surface area contributed by atoms with Crippen LogP contribution in [0.4, 0.5) is 5.82 Å². The van der Waals surface area contributed by atoms with Crippen LogP contribution in [-0.4, -0.2) is 47.0 Å². The fourth-order valence-corrected chi connectivity index (χ4v) is 3.39. The van der Waals surface area contributed by atoms with Crippen LogP contribution in [0, 0.1) is 0 Å². The summed E-state index contributed by atoms with van der Waals surface area (Å²) in [7, 11) is 0. The van der Waals surface area contributed by atoms with E-state index in [0.29, 0.717) is 29.6 Å². The first-order valence-electron chi connectivity index (χ1n) is 8.42. The minimum atomic E-state index is 0.0477. The molecule has 0 radical (unpaired) electrons. The summed E-state index contributed by atoms with van der Waals surface area (Å²) >= 11 is 1.43. The third kappa shape index (κ3) is 3.67. The molecular formula is C19H18N4O2S. The number of carbonyl (C=O) groups is 1. The van der Waals surface area contributed by atoms with Gasteiger partial charge in [0.2, 0.25) is 0 Å². The molecule has 0 unspecified atom stereocenters. The Morgan fingerprint density at radius 2 is 1.77 bits per heavy atom. The topological polar surface area (TPSA) is 58.6 Å². The van der Waals surface area contributed by atoms with Crippen LogP contribution < -0.4 is 9.64 Å². The molecule has 1 aliphatic rings. The molecular weight excluding hydrogens is 348 g/mol. The quantitative estimate of drug-likeness (QED) is 0.709. The Labute approximate surface area is 155 Å². The molecule has 6 nitrogen and oxygen atoms in total. The number of nitrogens with zero attached hydrogens (tertiary/aromatic N) is 4. The fraction of sp³-hybridized carbons (Fsp3) is 0.211. The Morgan fingerprint density at radius 3 is 2.42 bits per heavy atom. The van der Waals surface area contributed by atoms with Gasteiger partial charge in [-0.05, 0) is 36.4 Å². The van der Waals surface area contributed by atoms with Gasteiger partial charge in [-0.25, -0.2) is 9.97 Å². The molecule has 3 aromatic rings. The molecule has 2 aromatic heterocycles. The summed E-state index contributed by atoms with van der Waals surface area (Å²) in [5.74, 6) is 1.69. The van der Waals surface area contributed by atoms with E-state index >= 15 is 0 Å². The lowest BCUT2D eigenvalue weighted by Crippen LogP contribution is -2.49. The van der Waals surface area contributed by atoms with Gasteiger partial charge >= 0.3 is 0 Å². The van der Waals surface area contributed by atoms with Gasteiger partial charge in [-0.15, -0.1) is 0 Å². The Morgan fingerprint density at radius 1 is 0.962 bits per heavy atom. The summed E-state index contributed by atoms with van der Waals surface area (Å²) in [5.41, 5.74) is 0.669. The normalized spacial score (nSPS) is 14.3. The minimum Gasteiger partial charge on any atom is -0.431 e. The molecule has 0 aliphatic carbocycles. The number of benzene rings is 1. The van der Waals surface area contributed by atoms with Crippen LogP contribution in [0.25, 0.3) is 0 Å². The maximum atomic E-state index is 12.7. The standard InChI is InChI=1S/C19H18N4O2S/c24-18(15-4-6-16(7-5-15)25-19-21-9-14-26-19)23-12-10-22(11-13-23)17-3-1-2-8-20-17/h1-9,14H,10-13H2. The summed E-state index contributed by atoms with van der Waals surface area (Å²) in [6, 6.07) is 13.1. The number of rotatable bonds is 4. The summed E-state index contributed by atoms with van der Waals surface area (Å²) in [6.45, 7) is 2.95. The lowest BCUT2D eigenvalue weighted by Gasteiger charge is -2.35. The van der Waals surface area contributed by atoms with Crippen molar-refractivity contribution in [2.24, 2.45) is 0 Å². The van der Waals surface area contributed by atoms with Gasteiger partial charge in [0.15, 0.2) is 0 Å². The van der Waals surface area contributed by atoms with Crippen LogP contribution in [0.1, 0.15) is 10.4 Å². The Hall–Kier alpha value is -2.93. The molecule has 0 spiro atoms. The van der Waals surface area contributed by atoms with Crippen LogP contribution in [-0.2, 0) is 0 Å². The van der Waals surface area contributed by atoms with Gasteiger partial charge < -0.3 is 14.5 Å². The number of aromatic nitrogens is 2. The highest BCUT2D eigenvalue weighted by Gasteiger charge is 2.22. The molecule has 4 rings (SSSR count). The highest BCUT2D eigenvalue weighted by atomic mass is 32.1. The second-order valence-corrected chi connectivity index (χ2v) is 6.75. The highest BCUT2D eigenvalue weighted by molar-refractivity contribution is 7.11. The Balaban J connectivity index is 1.36. The van der Waals surface area contributed by atoms with E-state index < -0.39 is 0 Å². The van der Waals surface area contributed by atoms with Gasteiger partial charge in [-0.3, -0.25) is 4.79 Å². The molecule has 26 heavy (non-hydrogen) atoms. The predicted octanol–water partition coefficient (Wildman–Crippen LogP) is 3.29. The smallest absolute Gasteiger partial charge is 0.278 e. The van der Waals surface area contributed by atoms with E-state index in [9.17, 15) is 4.79 Å². The molecule has 1 saturated heterocycles. The lowest BCUT2D eigenvalue weighted by molar-refractivity contribution is 0.0746. The van der Waals surface area contributed by atoms with E-state index in [4.69, 9.17) is 4.74 Å². The van der Waals surface area contributed by atoms with Crippen molar-refractivity contribution >= 4 is 23.1 Å². The number of carbonyl (C=O) groups excluding carboxylic acids is 1. The zero-order valence-corrected chi connectivity index (χ0v) is 14.9. The SMILES string of the molecule is O=C(c1ccc(Oc2nccs2)cc1)N1CCN(c2ccccn2)CC1. The Kier molecular flexibility index (Phi) is 4.79. The molecule has 7 heteroatoms. The van der Waals surface area contributed by atoms with E-state index in [1.807, 2.05) is 28.5 Å². The maximum absolute atomic E-state index is 12.7. The van der Waals surface area contributed by atoms with Crippen molar-refractivity contribution in [2.75, 3.05) is 31.1 Å². The largest absolute Gasteiger partial charge is 0.431 e. The zero-order valence-electron chi connectivity index (χ0n) is 14.1. The van der Waals surface area contributed by atoms with Crippen LogP contribution >= 0.6 is 11.3 Å². The molecule has 1 amide bonds. The molecule has 1 aliphatic heterocycles. The van der Waals surface area contributed by atoms with Crippen molar-refractivity contribution in [1.82, 2.24) is 14.9 Å². The van der Waals surface area contributed by atoms with Gasteiger partial charge in [-0.2, -0.15) is 0 Å². The lowest BCUT2D eigenvalue weighted by atomic mass is 10.1. The van der Waals surface area contributed by atoms with Crippen molar-refractivity contribution in [2.45, 2.75) is 0 Å². The van der Waals surface area contributed by atoms with Gasteiger partial charge in [0.25, 0.3) is 11.1 Å². The van der Waals surface area contributed by atoms with Gasteiger partial charge in [0.05, 0.1) is 0 Å². The second kappa shape index (κ2) is 7.53. The monoisotopic (exact) mass is 366 g/mol. The van der Waals surface area contributed by atoms with Crippen molar-refractivity contribution in [3.8, 4) is 10.9 Å². The molecule has 1 fully saturated rings. The van der Waals surface area contributed by atoms with Gasteiger partial charge in [0, 0.05) is 49.5 Å². The zero-order chi connectivity index (χ0) is 17.8. The van der Waals surface area contributed by atoms with E-state index in [0.717, 1.165) is 18.9 Å². The number of thiazole rings is 1. The van der Waals surface area contributed by atoms with Gasteiger partial charge in [-0.1, -0.05) is 17.4 Å². The fourth-order valence-electron chi connectivity index (χ4n) is 2.89. The third-order valence-corrected chi connectivity index (χ3v) is 4.90. The summed E-state index contributed by atoms with van der Waals surface area (Å²) < 4.78 is 5.63. The summed E-state index contributed by atoms with van der Waals surface area (Å²) in [6.07, 6.45) is 3.49. The number of hydrogen-bond acceptors (Lipinski definition) is 6. The first-order chi connectivity index (χ1) is 12.8. The molecule has 132 valence electrons. The third-order valence-electron chi connectivity index (χ3n) is 4.26. The number of anilines is 1. The average Bonchev–Trinajstić information content (AvgIpc) is 3.22. The van der Waals surface area contributed by atoms with Crippen molar-refractivity contribution in [3.63, 3.8) is 0 Å². The minimum absolute atomic E-state index is 0.0477. The van der Waals surface area contributed by atoms with Crippen LogP contribution in [0.3, 0.4) is 0 Å². The maximum Gasteiger partial charge on any atom is 0.278 e. The van der Waals surface area contributed by atoms with Crippen LogP contribution in [0.15, 0.2) is 60.2 Å². The molecule has 0 saturated carbocycles. The highest BCUT2D eigenvalue weighted by Crippen LogP contribution is 2.24. The second-order valence-electron chi connectivity index (χ2n) is 5.89. The van der Waals surface area contributed by atoms with E-state index in [-0.39, 0.29) is 5.91 Å². The van der Waals surface area contributed by atoms with Gasteiger partial charge in [0.1, 0.15) is 11.6 Å². The first-order valence-corrected chi connectivity index (χ1v) is 9.30. The van der Waals surface area contributed by atoms with Crippen molar-refractivity contribution in [3.05, 3.63) is 65.8 Å². The summed E-state index contributed by atoms with van der Waals surface area (Å²) in [5, 5.41) is 2.45. The molecule has 0 atom stereocenters. The summed E-state index contributed by atoms with van der Waals surface area (Å²) in [4.78, 5) is 25.3. The number of pyridine rings is 1. The molecule has 0 N–H and O–H groups in total. The van der Waals surface area contributed by atoms with Crippen LogP contribution in [0.2, 0.25) is 0 Å². The Bertz CT molecular complexity index is 845. The first kappa shape index (κ1) is 16.5. The molecule has 1 aromatic carbocycles.